The topological polar surface area (TPSA) is 12.0 Å². The zero-order valence-corrected chi connectivity index (χ0v) is 12.5. The average molecular weight is 281 g/mol. The van der Waals surface area contributed by atoms with Gasteiger partial charge in [-0.25, -0.2) is 8.78 Å². The van der Waals surface area contributed by atoms with Gasteiger partial charge in [0.1, 0.15) is 11.6 Å². The number of hydrogen-bond donors (Lipinski definition) is 1. The molecule has 0 unspecified atom stereocenters. The van der Waals surface area contributed by atoms with E-state index in [4.69, 9.17) is 0 Å². The van der Waals surface area contributed by atoms with Crippen LogP contribution in [0.5, 0.6) is 0 Å². The minimum atomic E-state index is -0.464. The van der Waals surface area contributed by atoms with Gasteiger partial charge in [-0.15, -0.1) is 0 Å². The number of halogens is 2. The van der Waals surface area contributed by atoms with Crippen molar-refractivity contribution in [3.63, 3.8) is 0 Å². The highest BCUT2D eigenvalue weighted by Crippen LogP contribution is 2.49. The highest BCUT2D eigenvalue weighted by Gasteiger charge is 2.44. The predicted molar refractivity (Wildman–Crippen MR) is 78.8 cm³/mol. The van der Waals surface area contributed by atoms with Crippen LogP contribution in [0.15, 0.2) is 18.2 Å². The molecule has 0 bridgehead atoms. The van der Waals surface area contributed by atoms with E-state index in [1.807, 2.05) is 0 Å². The fraction of sp³-hybridized carbons (Fsp3) is 0.647. The lowest BCUT2D eigenvalue weighted by Gasteiger charge is -2.49. The van der Waals surface area contributed by atoms with Gasteiger partial charge < -0.3 is 5.32 Å². The van der Waals surface area contributed by atoms with Crippen LogP contribution in [0.1, 0.15) is 51.5 Å². The highest BCUT2D eigenvalue weighted by molar-refractivity contribution is 5.31. The second kappa shape index (κ2) is 6.66. The maximum atomic E-state index is 13.5. The van der Waals surface area contributed by atoms with E-state index < -0.39 is 11.6 Å². The summed E-state index contributed by atoms with van der Waals surface area (Å²) in [5.41, 5.74) is 0.753. The Morgan fingerprint density at radius 2 is 1.75 bits per heavy atom. The van der Waals surface area contributed by atoms with Crippen LogP contribution >= 0.6 is 0 Å². The van der Waals surface area contributed by atoms with Gasteiger partial charge in [0.2, 0.25) is 0 Å². The zero-order valence-electron chi connectivity index (χ0n) is 12.5. The molecule has 1 aliphatic rings. The van der Waals surface area contributed by atoms with Gasteiger partial charge in [-0.05, 0) is 49.4 Å². The third-order valence-electron chi connectivity index (χ3n) is 4.42. The minimum absolute atomic E-state index is 0.0715. The smallest absolute Gasteiger partial charge is 0.126 e. The number of hydrogen-bond acceptors (Lipinski definition) is 1. The maximum Gasteiger partial charge on any atom is 0.126 e. The molecule has 20 heavy (non-hydrogen) atoms. The average Bonchev–Trinajstić information content (AvgIpc) is 2.34. The first kappa shape index (κ1) is 15.4. The van der Waals surface area contributed by atoms with Gasteiger partial charge in [0.25, 0.3) is 0 Å². The van der Waals surface area contributed by atoms with Crippen molar-refractivity contribution in [2.24, 2.45) is 5.92 Å². The van der Waals surface area contributed by atoms with Crippen LogP contribution in [-0.2, 0) is 5.41 Å². The summed E-state index contributed by atoms with van der Waals surface area (Å²) in [5.74, 6) is -0.225. The Labute approximate surface area is 120 Å². The second-order valence-electron chi connectivity index (χ2n) is 6.18. The summed E-state index contributed by atoms with van der Waals surface area (Å²) in [7, 11) is 0. The summed E-state index contributed by atoms with van der Waals surface area (Å²) < 4.78 is 27.0. The molecule has 1 nitrogen and oxygen atoms in total. The Hall–Kier alpha value is -0.960. The zero-order chi connectivity index (χ0) is 14.6. The largest absolute Gasteiger partial charge is 0.316 e. The van der Waals surface area contributed by atoms with Crippen molar-refractivity contribution < 1.29 is 8.78 Å². The van der Waals surface area contributed by atoms with Crippen LogP contribution in [0.3, 0.4) is 0 Å². The van der Waals surface area contributed by atoms with Crippen LogP contribution in [0.4, 0.5) is 8.78 Å². The van der Waals surface area contributed by atoms with Crippen molar-refractivity contribution in [1.82, 2.24) is 5.32 Å². The molecule has 1 aromatic rings. The molecule has 0 aromatic heterocycles. The van der Waals surface area contributed by atoms with Gasteiger partial charge >= 0.3 is 0 Å². The van der Waals surface area contributed by atoms with Gasteiger partial charge in [-0.3, -0.25) is 0 Å². The summed E-state index contributed by atoms with van der Waals surface area (Å²) in [5, 5.41) is 3.43. The lowest BCUT2D eigenvalue weighted by molar-refractivity contribution is 0.128. The molecule has 1 aliphatic carbocycles. The standard InChI is InChI=1S/C17H25F2N/c1-3-5-13-10-17(11-13,12-20-6-4-2)14-7-15(18)9-16(19)8-14/h7-9,13,20H,3-6,10-12H2,1-2H3. The van der Waals surface area contributed by atoms with Crippen molar-refractivity contribution in [1.29, 1.82) is 0 Å². The molecular weight excluding hydrogens is 256 g/mol. The van der Waals surface area contributed by atoms with Crippen molar-refractivity contribution in [2.45, 2.75) is 51.4 Å². The third-order valence-corrected chi connectivity index (χ3v) is 4.42. The van der Waals surface area contributed by atoms with E-state index in [0.29, 0.717) is 5.92 Å². The van der Waals surface area contributed by atoms with Crippen molar-refractivity contribution in [3.8, 4) is 0 Å². The molecule has 0 radical (unpaired) electrons. The minimum Gasteiger partial charge on any atom is -0.316 e. The Bertz CT molecular complexity index is 413. The first-order chi connectivity index (χ1) is 9.59. The molecule has 1 aromatic carbocycles. The van der Waals surface area contributed by atoms with Crippen molar-refractivity contribution in [3.05, 3.63) is 35.4 Å². The summed E-state index contributed by atoms with van der Waals surface area (Å²) in [6, 6.07) is 3.98. The summed E-state index contributed by atoms with van der Waals surface area (Å²) in [4.78, 5) is 0. The normalized spacial score (nSPS) is 25.5. The van der Waals surface area contributed by atoms with Gasteiger partial charge in [0.05, 0.1) is 0 Å². The van der Waals surface area contributed by atoms with Crippen LogP contribution < -0.4 is 5.32 Å². The van der Waals surface area contributed by atoms with E-state index in [1.165, 1.54) is 25.0 Å². The van der Waals surface area contributed by atoms with Crippen LogP contribution in [0.25, 0.3) is 0 Å². The molecule has 0 heterocycles. The molecule has 0 saturated heterocycles. The Kier molecular flexibility index (Phi) is 5.14. The molecule has 2 rings (SSSR count). The molecule has 1 fully saturated rings. The third kappa shape index (κ3) is 3.38. The summed E-state index contributed by atoms with van der Waals surface area (Å²) >= 11 is 0. The van der Waals surface area contributed by atoms with Crippen LogP contribution in [-0.4, -0.2) is 13.1 Å². The molecule has 0 atom stereocenters. The maximum absolute atomic E-state index is 13.5. The Balaban J connectivity index is 2.14. The lowest BCUT2D eigenvalue weighted by Crippen LogP contribution is -2.48. The molecule has 1 N–H and O–H groups in total. The molecule has 1 saturated carbocycles. The SMILES string of the molecule is CCCNCC1(c2cc(F)cc(F)c2)CC(CCC)C1. The summed E-state index contributed by atoms with van der Waals surface area (Å²) in [6.45, 7) is 6.10. The lowest BCUT2D eigenvalue weighted by atomic mass is 9.57. The van der Waals surface area contributed by atoms with Crippen molar-refractivity contribution >= 4 is 0 Å². The molecule has 0 spiro atoms. The fourth-order valence-electron chi connectivity index (χ4n) is 3.50. The molecule has 112 valence electrons. The Morgan fingerprint density at radius 3 is 2.30 bits per heavy atom. The molecule has 0 amide bonds. The van der Waals surface area contributed by atoms with E-state index >= 15 is 0 Å². The predicted octanol–water partition coefficient (Wildman–Crippen LogP) is 4.41. The molecule has 3 heteroatoms. The van der Waals surface area contributed by atoms with E-state index in [2.05, 4.69) is 19.2 Å². The van der Waals surface area contributed by atoms with Crippen LogP contribution in [0, 0.1) is 17.6 Å². The molecular formula is C17H25F2N. The van der Waals surface area contributed by atoms with E-state index in [0.717, 1.165) is 44.0 Å². The van der Waals surface area contributed by atoms with Gasteiger partial charge in [-0.1, -0.05) is 26.7 Å². The van der Waals surface area contributed by atoms with Crippen LogP contribution in [0.2, 0.25) is 0 Å². The monoisotopic (exact) mass is 281 g/mol. The number of nitrogens with one attached hydrogen (secondary N) is 1. The van der Waals surface area contributed by atoms with Gasteiger partial charge in [0, 0.05) is 18.0 Å². The summed E-state index contributed by atoms with van der Waals surface area (Å²) in [6.07, 6.45) is 5.56. The van der Waals surface area contributed by atoms with E-state index in [9.17, 15) is 8.78 Å². The first-order valence-corrected chi connectivity index (χ1v) is 7.77. The number of rotatable bonds is 7. The number of benzene rings is 1. The highest BCUT2D eigenvalue weighted by atomic mass is 19.1. The van der Waals surface area contributed by atoms with Gasteiger partial charge in [0.15, 0.2) is 0 Å². The quantitative estimate of drug-likeness (QED) is 0.730. The molecule has 0 aliphatic heterocycles. The second-order valence-corrected chi connectivity index (χ2v) is 6.18. The van der Waals surface area contributed by atoms with E-state index in [1.54, 1.807) is 0 Å². The Morgan fingerprint density at radius 1 is 1.10 bits per heavy atom. The van der Waals surface area contributed by atoms with E-state index in [-0.39, 0.29) is 5.41 Å². The fourth-order valence-corrected chi connectivity index (χ4v) is 3.50. The van der Waals surface area contributed by atoms with Crippen molar-refractivity contribution in [2.75, 3.05) is 13.1 Å². The van der Waals surface area contributed by atoms with Gasteiger partial charge in [-0.2, -0.15) is 0 Å². The first-order valence-electron chi connectivity index (χ1n) is 7.77.